The fourth-order valence-electron chi connectivity index (χ4n) is 3.24. The summed E-state index contributed by atoms with van der Waals surface area (Å²) in [5, 5.41) is 0. The average molecular weight is 414 g/mol. The number of amides is 1. The van der Waals surface area contributed by atoms with E-state index >= 15 is 0 Å². The van der Waals surface area contributed by atoms with Gasteiger partial charge in [0.05, 0.1) is 16.2 Å². The van der Waals surface area contributed by atoms with Crippen LogP contribution in [0.3, 0.4) is 0 Å². The van der Waals surface area contributed by atoms with Gasteiger partial charge in [0, 0.05) is 16.8 Å². The molecule has 0 atom stereocenters. The quantitative estimate of drug-likeness (QED) is 0.737. The van der Waals surface area contributed by atoms with Crippen LogP contribution in [-0.4, -0.2) is 19.3 Å². The number of hydrogen-bond acceptors (Lipinski definition) is 5. The highest BCUT2D eigenvalue weighted by molar-refractivity contribution is 7.90. The molecule has 1 aromatic carbocycles. The number of nitrogens with zero attached hydrogens (tertiary/aromatic N) is 1. The smallest absolute Gasteiger partial charge is 0.267 e. The van der Waals surface area contributed by atoms with Crippen LogP contribution in [-0.2, 0) is 15.4 Å². The zero-order valence-electron chi connectivity index (χ0n) is 17.0. The van der Waals surface area contributed by atoms with E-state index in [1.165, 1.54) is 24.3 Å². The molecule has 7 heteroatoms. The van der Waals surface area contributed by atoms with Gasteiger partial charge in [-0.15, -0.1) is 0 Å². The number of hydrogen-bond donors (Lipinski definition) is 2. The van der Waals surface area contributed by atoms with Crippen LogP contribution in [0, 0.1) is 0 Å². The molecule has 0 saturated carbocycles. The van der Waals surface area contributed by atoms with Crippen LogP contribution in [0.15, 0.2) is 47.4 Å². The number of benzene rings is 1. The number of pyridine rings is 1. The van der Waals surface area contributed by atoms with Gasteiger partial charge in [-0.2, -0.15) is 0 Å². The van der Waals surface area contributed by atoms with E-state index in [0.29, 0.717) is 11.4 Å². The predicted molar refractivity (Wildman–Crippen MR) is 115 cm³/mol. The van der Waals surface area contributed by atoms with Gasteiger partial charge in [0.15, 0.2) is 0 Å². The van der Waals surface area contributed by atoms with E-state index in [1.54, 1.807) is 12.1 Å². The van der Waals surface area contributed by atoms with Crippen molar-refractivity contribution in [3.8, 4) is 0 Å². The molecular weight excluding hydrogens is 386 g/mol. The molecule has 3 rings (SSSR count). The molecule has 1 aliphatic carbocycles. The van der Waals surface area contributed by atoms with Crippen LogP contribution in [0.2, 0.25) is 0 Å². The second kappa shape index (κ2) is 7.99. The third-order valence-corrected chi connectivity index (χ3v) is 6.27. The number of rotatable bonds is 4. The van der Waals surface area contributed by atoms with Gasteiger partial charge < -0.3 is 5.73 Å². The zero-order valence-corrected chi connectivity index (χ0v) is 17.8. The van der Waals surface area contributed by atoms with Gasteiger partial charge in [-0.05, 0) is 67.7 Å². The summed E-state index contributed by atoms with van der Waals surface area (Å²) in [5.41, 5.74) is 8.58. The summed E-state index contributed by atoms with van der Waals surface area (Å²) in [4.78, 5) is 17.7. The molecule has 0 spiro atoms. The van der Waals surface area contributed by atoms with E-state index in [9.17, 15) is 13.2 Å². The molecule has 1 aromatic heterocycles. The maximum atomic E-state index is 12.9. The number of aromatic nitrogens is 1. The van der Waals surface area contributed by atoms with E-state index in [4.69, 9.17) is 10.7 Å². The van der Waals surface area contributed by atoms with Crippen molar-refractivity contribution >= 4 is 27.2 Å². The van der Waals surface area contributed by atoms with E-state index in [-0.39, 0.29) is 15.9 Å². The highest BCUT2D eigenvalue weighted by atomic mass is 32.2. The summed E-state index contributed by atoms with van der Waals surface area (Å²) in [7, 11) is -4.01. The van der Waals surface area contributed by atoms with Crippen molar-refractivity contribution in [3.63, 3.8) is 0 Å². The Bertz CT molecular complexity index is 1050. The zero-order chi connectivity index (χ0) is 21.2. The summed E-state index contributed by atoms with van der Waals surface area (Å²) >= 11 is 0. The molecule has 0 aliphatic heterocycles. The standard InChI is InChI=1S/C22H27N3O3S/c1-22(2,3)19-14-13-18(20(24-19)15-7-5-4-6-8-15)21(26)25-29(27,28)17-11-9-16(23)10-12-17/h7,9-14H,4-6,8,23H2,1-3H3,(H,25,26). The lowest BCUT2D eigenvalue weighted by molar-refractivity contribution is 0.0980. The number of sulfonamides is 1. The average Bonchev–Trinajstić information content (AvgIpc) is 2.67. The van der Waals surface area contributed by atoms with Crippen LogP contribution in [0.25, 0.3) is 5.57 Å². The number of allylic oxidation sites excluding steroid dienone is 2. The van der Waals surface area contributed by atoms with Crippen molar-refractivity contribution in [2.45, 2.75) is 56.8 Å². The molecule has 0 bridgehead atoms. The summed E-state index contributed by atoms with van der Waals surface area (Å²) in [5.74, 6) is -0.684. The Morgan fingerprint density at radius 2 is 1.76 bits per heavy atom. The molecule has 6 nitrogen and oxygen atoms in total. The number of carbonyl (C=O) groups excluding carboxylic acids is 1. The van der Waals surface area contributed by atoms with Crippen molar-refractivity contribution < 1.29 is 13.2 Å². The third-order valence-electron chi connectivity index (χ3n) is 4.92. The maximum Gasteiger partial charge on any atom is 0.267 e. The van der Waals surface area contributed by atoms with Crippen molar-refractivity contribution in [2.75, 3.05) is 5.73 Å². The Kier molecular flexibility index (Phi) is 5.80. The fourth-order valence-corrected chi connectivity index (χ4v) is 4.21. The number of nitrogen functional groups attached to an aromatic ring is 1. The van der Waals surface area contributed by atoms with Crippen molar-refractivity contribution in [1.29, 1.82) is 0 Å². The third kappa shape index (κ3) is 4.85. The maximum absolute atomic E-state index is 12.9. The van der Waals surface area contributed by atoms with Crippen LogP contribution in [0.5, 0.6) is 0 Å². The minimum Gasteiger partial charge on any atom is -0.399 e. The Balaban J connectivity index is 1.99. The van der Waals surface area contributed by atoms with Gasteiger partial charge in [0.1, 0.15) is 0 Å². The number of anilines is 1. The van der Waals surface area contributed by atoms with Gasteiger partial charge >= 0.3 is 0 Å². The molecule has 1 heterocycles. The van der Waals surface area contributed by atoms with Gasteiger partial charge in [-0.3, -0.25) is 9.78 Å². The molecule has 0 radical (unpaired) electrons. The molecule has 0 unspecified atom stereocenters. The first-order valence-electron chi connectivity index (χ1n) is 9.71. The topological polar surface area (TPSA) is 102 Å². The monoisotopic (exact) mass is 413 g/mol. The van der Waals surface area contributed by atoms with E-state index < -0.39 is 15.9 Å². The Morgan fingerprint density at radius 1 is 1.07 bits per heavy atom. The highest BCUT2D eigenvalue weighted by Gasteiger charge is 2.25. The van der Waals surface area contributed by atoms with Crippen LogP contribution < -0.4 is 10.5 Å². The largest absolute Gasteiger partial charge is 0.399 e. The van der Waals surface area contributed by atoms with Crippen molar-refractivity contribution in [3.05, 3.63) is 59.4 Å². The molecular formula is C22H27N3O3S. The molecule has 0 fully saturated rings. The minimum atomic E-state index is -4.01. The summed E-state index contributed by atoms with van der Waals surface area (Å²) in [6, 6.07) is 9.17. The highest BCUT2D eigenvalue weighted by Crippen LogP contribution is 2.30. The number of nitrogens with one attached hydrogen (secondary N) is 1. The Hall–Kier alpha value is -2.67. The second-order valence-electron chi connectivity index (χ2n) is 8.32. The first kappa shape index (κ1) is 21.0. The normalized spacial score (nSPS) is 14.9. The van der Waals surface area contributed by atoms with Crippen molar-refractivity contribution in [1.82, 2.24) is 9.71 Å². The molecule has 154 valence electrons. The lowest BCUT2D eigenvalue weighted by Crippen LogP contribution is -2.32. The Morgan fingerprint density at radius 3 is 2.34 bits per heavy atom. The van der Waals surface area contributed by atoms with E-state index in [1.807, 2.05) is 0 Å². The summed E-state index contributed by atoms with van der Waals surface area (Å²) in [6.45, 7) is 6.17. The van der Waals surface area contributed by atoms with E-state index in [2.05, 4.69) is 31.6 Å². The first-order chi connectivity index (χ1) is 13.6. The summed E-state index contributed by atoms with van der Waals surface area (Å²) in [6.07, 6.45) is 5.99. The lowest BCUT2D eigenvalue weighted by Gasteiger charge is -2.22. The molecule has 1 amide bonds. The fraction of sp³-hybridized carbons (Fsp3) is 0.364. The second-order valence-corrected chi connectivity index (χ2v) is 10.0. The minimum absolute atomic E-state index is 0.0160. The predicted octanol–water partition coefficient (Wildman–Crippen LogP) is 4.04. The Labute approximate surface area is 172 Å². The van der Waals surface area contributed by atoms with Gasteiger partial charge in [-0.25, -0.2) is 13.1 Å². The molecule has 3 N–H and O–H groups in total. The van der Waals surface area contributed by atoms with E-state index in [0.717, 1.165) is 37.0 Å². The molecule has 0 saturated heterocycles. The van der Waals surface area contributed by atoms with Crippen LogP contribution in [0.4, 0.5) is 5.69 Å². The number of nitrogens with two attached hydrogens (primary N) is 1. The first-order valence-corrected chi connectivity index (χ1v) is 11.2. The summed E-state index contributed by atoms with van der Waals surface area (Å²) < 4.78 is 27.4. The van der Waals surface area contributed by atoms with Gasteiger partial charge in [-0.1, -0.05) is 26.8 Å². The number of carbonyl (C=O) groups is 1. The van der Waals surface area contributed by atoms with Crippen LogP contribution in [0.1, 0.15) is 68.2 Å². The molecule has 1 aliphatic rings. The van der Waals surface area contributed by atoms with Crippen LogP contribution >= 0.6 is 0 Å². The molecule has 2 aromatic rings. The lowest BCUT2D eigenvalue weighted by atomic mass is 9.89. The SMILES string of the molecule is CC(C)(C)c1ccc(C(=O)NS(=O)(=O)c2ccc(N)cc2)c(C2=CCCCC2)n1. The van der Waals surface area contributed by atoms with Gasteiger partial charge in [0.25, 0.3) is 15.9 Å². The van der Waals surface area contributed by atoms with Gasteiger partial charge in [0.2, 0.25) is 0 Å². The molecule has 29 heavy (non-hydrogen) atoms. The van der Waals surface area contributed by atoms with Crippen molar-refractivity contribution in [2.24, 2.45) is 0 Å².